The Morgan fingerprint density at radius 3 is 2.14 bits per heavy atom. The summed E-state index contributed by atoms with van der Waals surface area (Å²) in [5, 5.41) is 28.0. The molecule has 0 fully saturated rings. The van der Waals surface area contributed by atoms with Gasteiger partial charge in [-0.05, 0) is 77.4 Å². The quantitative estimate of drug-likeness (QED) is 0.0334. The number of aliphatic hydroxyl groups excluding tert-OH is 1. The molecule has 6 aromatic rings. The van der Waals surface area contributed by atoms with E-state index in [4.69, 9.17) is 19.1 Å². The Hall–Kier alpha value is -6.94. The van der Waals surface area contributed by atoms with Crippen molar-refractivity contribution < 1.29 is 28.9 Å². The number of ether oxygens (including phenoxy) is 3. The number of Topliss-reactive ketones (excluding diaryl/α,β-unsaturated/α-hetero) is 1. The molecular formula is C51H50B2N4O6. The number of aliphatic hydroxyl groups is 1. The third kappa shape index (κ3) is 8.13. The summed E-state index contributed by atoms with van der Waals surface area (Å²) in [4.78, 5) is 31.4. The van der Waals surface area contributed by atoms with Gasteiger partial charge in [-0.3, -0.25) is 4.79 Å². The fourth-order valence-electron chi connectivity index (χ4n) is 8.70. The molecule has 1 atom stereocenters. The lowest BCUT2D eigenvalue weighted by Gasteiger charge is -2.31. The van der Waals surface area contributed by atoms with Gasteiger partial charge in [0.2, 0.25) is 5.78 Å². The molecule has 63 heavy (non-hydrogen) atoms. The van der Waals surface area contributed by atoms with Crippen LogP contribution in [0.2, 0.25) is 0 Å². The Morgan fingerprint density at radius 2 is 1.44 bits per heavy atom. The summed E-state index contributed by atoms with van der Waals surface area (Å²) in [6.07, 6.45) is 5.22. The molecule has 1 unspecified atom stereocenters. The molecule has 0 bridgehead atoms. The second-order valence-corrected chi connectivity index (χ2v) is 16.6. The van der Waals surface area contributed by atoms with Crippen molar-refractivity contribution in [2.45, 2.75) is 52.9 Å². The van der Waals surface area contributed by atoms with Gasteiger partial charge >= 0.3 is 19.9 Å². The minimum absolute atomic E-state index is 0.0509. The van der Waals surface area contributed by atoms with Crippen LogP contribution in [-0.2, 0) is 14.3 Å². The minimum Gasteiger partial charge on any atom is -0.506 e. The van der Waals surface area contributed by atoms with Gasteiger partial charge in [0.15, 0.2) is 0 Å². The van der Waals surface area contributed by atoms with Gasteiger partial charge in [0.25, 0.3) is 0 Å². The number of ketones is 1. The molecule has 9 rings (SSSR count). The molecule has 6 aromatic carbocycles. The zero-order chi connectivity index (χ0) is 43.6. The van der Waals surface area contributed by atoms with Crippen molar-refractivity contribution in [1.29, 1.82) is 0 Å². The standard InChI is InChI=1S/C51H50B2N4O6/c1-5-7-11-32(6-2)30-63-38-24-20-36(21-25-38)53-55-42-15-9-13-34-17-27-40(48(57-53)44(34)42)46-49(58)45(50(46)59)39-26-16-33-12-8-14-41-43(33)47(39)56-52(54-41)35-18-22-37(23-19-35)61-28-10-29-62-51(60)31(3)4/h8-9,12-27,32,54-55,57-58H,3,5-7,10-11,28-30H2,1-2,4H3/b45-39+. The van der Waals surface area contributed by atoms with Crippen LogP contribution in [0.25, 0.3) is 32.7 Å². The van der Waals surface area contributed by atoms with Crippen LogP contribution in [0.1, 0.15) is 58.4 Å². The van der Waals surface area contributed by atoms with Gasteiger partial charge in [0.1, 0.15) is 17.3 Å². The summed E-state index contributed by atoms with van der Waals surface area (Å²) in [5.74, 6) is 1.37. The van der Waals surface area contributed by atoms with Crippen LogP contribution >= 0.6 is 0 Å². The third-order valence-electron chi connectivity index (χ3n) is 12.2. The number of unbranched alkanes of at least 4 members (excludes halogenated alkanes) is 1. The Bertz CT molecular complexity index is 2930. The van der Waals surface area contributed by atoms with Gasteiger partial charge in [0, 0.05) is 50.6 Å². The molecule has 1 aliphatic carbocycles. The van der Waals surface area contributed by atoms with E-state index >= 15 is 0 Å². The molecule has 0 saturated carbocycles. The normalized spacial score (nSPS) is 15.2. The first-order valence-corrected chi connectivity index (χ1v) is 22.0. The number of esters is 1. The average Bonchev–Trinajstić information content (AvgIpc) is 3.31. The van der Waals surface area contributed by atoms with Gasteiger partial charge in [0.05, 0.1) is 36.3 Å². The number of anilines is 3. The number of nitrogens with one attached hydrogen (secondary N) is 3. The molecule has 2 heterocycles. The summed E-state index contributed by atoms with van der Waals surface area (Å²) < 4.78 is 17.3. The second-order valence-electron chi connectivity index (χ2n) is 16.6. The minimum atomic E-state index is -0.460. The van der Waals surface area contributed by atoms with Crippen LogP contribution in [0.4, 0.5) is 17.1 Å². The molecular weight excluding hydrogens is 786 g/mol. The van der Waals surface area contributed by atoms with Crippen LogP contribution in [0.5, 0.6) is 11.5 Å². The van der Waals surface area contributed by atoms with E-state index in [1.807, 2.05) is 91.0 Å². The van der Waals surface area contributed by atoms with Crippen LogP contribution < -0.4 is 46.7 Å². The van der Waals surface area contributed by atoms with Crippen molar-refractivity contribution in [2.75, 3.05) is 35.5 Å². The Morgan fingerprint density at radius 1 is 0.762 bits per heavy atom. The van der Waals surface area contributed by atoms with E-state index in [1.165, 1.54) is 19.3 Å². The van der Waals surface area contributed by atoms with Crippen molar-refractivity contribution in [3.05, 3.63) is 143 Å². The molecule has 4 N–H and O–H groups in total. The summed E-state index contributed by atoms with van der Waals surface area (Å²) in [7, 11) is 0. The lowest BCUT2D eigenvalue weighted by Crippen LogP contribution is -2.48. The average molecular weight is 837 g/mol. The van der Waals surface area contributed by atoms with E-state index < -0.39 is 13.0 Å². The number of allylic oxidation sites excluding steroid dienone is 2. The van der Waals surface area contributed by atoms with Crippen molar-refractivity contribution in [3.63, 3.8) is 0 Å². The number of benzene rings is 6. The monoisotopic (exact) mass is 836 g/mol. The predicted octanol–water partition coefficient (Wildman–Crippen LogP) is 7.85. The summed E-state index contributed by atoms with van der Waals surface area (Å²) >= 11 is 0. The first-order chi connectivity index (χ1) is 30.7. The topological polar surface area (TPSA) is 131 Å². The number of hydrogen-bond donors (Lipinski definition) is 4. The van der Waals surface area contributed by atoms with Crippen molar-refractivity contribution in [3.8, 4) is 11.5 Å². The fraction of sp³-hybridized carbons (Fsp3) is 0.235. The Kier molecular flexibility index (Phi) is 11.7. The lowest BCUT2D eigenvalue weighted by atomic mass is 9.65. The number of carbonyl (C=O) groups is 2. The number of hydrogen-bond acceptors (Lipinski definition) is 10. The van der Waals surface area contributed by atoms with Crippen molar-refractivity contribution in [2.24, 2.45) is 10.8 Å². The summed E-state index contributed by atoms with van der Waals surface area (Å²) in [5.41, 5.74) is 6.07. The Labute approximate surface area is 368 Å². The summed E-state index contributed by atoms with van der Waals surface area (Å²) in [6, 6.07) is 35.8. The van der Waals surface area contributed by atoms with E-state index in [0.717, 1.165) is 61.7 Å². The van der Waals surface area contributed by atoms with E-state index in [9.17, 15) is 14.7 Å². The molecule has 316 valence electrons. The molecule has 0 aromatic heterocycles. The van der Waals surface area contributed by atoms with Crippen molar-refractivity contribution in [1.82, 2.24) is 0 Å². The largest absolute Gasteiger partial charge is 0.506 e. The van der Waals surface area contributed by atoms with Gasteiger partial charge < -0.3 is 39.9 Å². The number of rotatable bonds is 16. The van der Waals surface area contributed by atoms with Gasteiger partial charge in [-0.25, -0.2) is 4.79 Å². The second kappa shape index (κ2) is 17.8. The molecule has 3 aliphatic rings. The highest BCUT2D eigenvalue weighted by Gasteiger charge is 2.39. The summed E-state index contributed by atoms with van der Waals surface area (Å²) in [6.45, 7) is 10.3. The maximum absolute atomic E-state index is 14.5. The van der Waals surface area contributed by atoms with Crippen LogP contribution in [0.15, 0.2) is 132 Å². The van der Waals surface area contributed by atoms with Crippen LogP contribution in [0.3, 0.4) is 0 Å². The molecule has 0 spiro atoms. The predicted molar refractivity (Wildman–Crippen MR) is 256 cm³/mol. The smallest absolute Gasteiger partial charge is 0.427 e. The van der Waals surface area contributed by atoms with E-state index in [1.54, 1.807) is 6.92 Å². The highest BCUT2D eigenvalue weighted by atomic mass is 16.5. The molecule has 0 saturated heterocycles. The first-order valence-electron chi connectivity index (χ1n) is 22.0. The van der Waals surface area contributed by atoms with E-state index in [0.29, 0.717) is 53.0 Å². The molecule has 0 amide bonds. The highest BCUT2D eigenvalue weighted by molar-refractivity contribution is 6.80. The zero-order valence-corrected chi connectivity index (χ0v) is 35.9. The maximum atomic E-state index is 14.5. The fourth-order valence-corrected chi connectivity index (χ4v) is 8.70. The van der Waals surface area contributed by atoms with E-state index in [-0.39, 0.29) is 36.3 Å². The maximum Gasteiger partial charge on any atom is 0.427 e. The molecule has 2 aliphatic heterocycles. The zero-order valence-electron chi connectivity index (χ0n) is 35.9. The highest BCUT2D eigenvalue weighted by Crippen LogP contribution is 2.45. The number of nitrogens with zero attached hydrogens (tertiary/aromatic N) is 1. The first kappa shape index (κ1) is 41.4. The molecule has 12 heteroatoms. The van der Waals surface area contributed by atoms with Crippen LogP contribution in [-0.4, -0.2) is 50.6 Å². The van der Waals surface area contributed by atoms with Gasteiger partial charge in [-0.2, -0.15) is 0 Å². The lowest BCUT2D eigenvalue weighted by molar-refractivity contribution is -0.139. The third-order valence-corrected chi connectivity index (χ3v) is 12.2. The molecule has 0 radical (unpaired) electrons. The van der Waals surface area contributed by atoms with Crippen molar-refractivity contribution >= 4 is 86.4 Å². The molecule has 10 nitrogen and oxygen atoms in total. The van der Waals surface area contributed by atoms with Crippen LogP contribution in [0, 0.1) is 5.92 Å². The number of carbonyl (C=O) groups excluding carboxylic acids is 2. The van der Waals surface area contributed by atoms with Gasteiger partial charge in [-0.15, -0.1) is 0 Å². The van der Waals surface area contributed by atoms with E-state index in [2.05, 4.69) is 54.3 Å². The Balaban J connectivity index is 1.01. The SMILES string of the molecule is C=C(C)C(=O)OCCCOc1ccc(B2N=c3/c(=C4/C(=O)C(c5ccc6cccc7c6c5NB(c5ccc(OCC(CC)CCCC)cc5)N7)=C4O)ccc4cccc(c34)N2)cc1. The van der Waals surface area contributed by atoms with Gasteiger partial charge in [-0.1, -0.05) is 112 Å².